The molecule has 0 fully saturated rings. The molecule has 1 aromatic carbocycles. The van der Waals surface area contributed by atoms with E-state index in [1.165, 1.54) is 0 Å². The van der Waals surface area contributed by atoms with Crippen LogP contribution in [0.5, 0.6) is 0 Å². The minimum absolute atomic E-state index is 0.469. The Morgan fingerprint density at radius 3 is 2.44 bits per heavy atom. The number of aromatic nitrogens is 1. The zero-order valence-corrected chi connectivity index (χ0v) is 8.95. The van der Waals surface area contributed by atoms with Crippen molar-refractivity contribution in [1.82, 2.24) is 0 Å². The summed E-state index contributed by atoms with van der Waals surface area (Å²) in [4.78, 5) is 0. The lowest BCUT2D eigenvalue weighted by Gasteiger charge is -2.10. The summed E-state index contributed by atoms with van der Waals surface area (Å²) in [5.74, 6) is 0.650. The van der Waals surface area contributed by atoms with E-state index in [2.05, 4.69) is 0 Å². The predicted octanol–water partition coefficient (Wildman–Crippen LogP) is 1.29. The maximum Gasteiger partial charge on any atom is 0.272 e. The van der Waals surface area contributed by atoms with Crippen LogP contribution >= 0.6 is 0 Å². The van der Waals surface area contributed by atoms with Gasteiger partial charge in [-0.05, 0) is 11.6 Å². The molecule has 1 heterocycles. The van der Waals surface area contributed by atoms with Crippen LogP contribution in [0.25, 0.3) is 0 Å². The van der Waals surface area contributed by atoms with Crippen LogP contribution in [0.1, 0.15) is 11.7 Å². The van der Waals surface area contributed by atoms with Gasteiger partial charge in [-0.15, -0.1) is 0 Å². The van der Waals surface area contributed by atoms with E-state index in [0.29, 0.717) is 12.4 Å². The molecule has 0 spiro atoms. The minimum Gasteiger partial charge on any atom is -0.384 e. The average molecular weight is 215 g/mol. The molecule has 16 heavy (non-hydrogen) atoms. The molecule has 3 N–H and O–H groups in total. The zero-order valence-electron chi connectivity index (χ0n) is 8.95. The molecule has 0 unspecified atom stereocenters. The van der Waals surface area contributed by atoms with Crippen molar-refractivity contribution in [2.75, 3.05) is 5.73 Å². The van der Waals surface area contributed by atoms with E-state index in [1.807, 2.05) is 59.3 Å². The quantitative estimate of drug-likeness (QED) is 0.758. The van der Waals surface area contributed by atoms with Gasteiger partial charge in [-0.1, -0.05) is 36.4 Å². The number of rotatable bonds is 3. The van der Waals surface area contributed by atoms with Crippen LogP contribution in [0.2, 0.25) is 0 Å². The van der Waals surface area contributed by atoms with Crippen LogP contribution in [-0.2, 0) is 6.54 Å². The Hall–Kier alpha value is -1.87. The summed E-state index contributed by atoms with van der Waals surface area (Å²) in [6, 6.07) is 15.2. The van der Waals surface area contributed by atoms with E-state index in [4.69, 9.17) is 5.73 Å². The van der Waals surface area contributed by atoms with Gasteiger partial charge in [0.25, 0.3) is 5.82 Å². The first-order valence-corrected chi connectivity index (χ1v) is 5.24. The van der Waals surface area contributed by atoms with Gasteiger partial charge < -0.3 is 5.11 Å². The Balaban J connectivity index is 2.14. The van der Waals surface area contributed by atoms with Gasteiger partial charge in [-0.2, -0.15) is 0 Å². The van der Waals surface area contributed by atoms with Gasteiger partial charge in [-0.3, -0.25) is 5.73 Å². The monoisotopic (exact) mass is 215 g/mol. The fourth-order valence-electron chi connectivity index (χ4n) is 1.62. The molecule has 3 nitrogen and oxygen atoms in total. The molecule has 2 aromatic rings. The molecule has 82 valence electrons. The van der Waals surface area contributed by atoms with E-state index >= 15 is 0 Å². The highest BCUT2D eigenvalue weighted by molar-refractivity contribution is 5.19. The number of benzene rings is 1. The van der Waals surface area contributed by atoms with Crippen LogP contribution < -0.4 is 10.3 Å². The average Bonchev–Trinajstić information content (AvgIpc) is 2.33. The molecular weight excluding hydrogens is 200 g/mol. The highest BCUT2D eigenvalue weighted by Crippen LogP contribution is 2.12. The van der Waals surface area contributed by atoms with Crippen LogP contribution in [-0.4, -0.2) is 5.11 Å². The predicted molar refractivity (Wildman–Crippen MR) is 62.5 cm³/mol. The molecule has 0 amide bonds. The van der Waals surface area contributed by atoms with Gasteiger partial charge in [0.2, 0.25) is 0 Å². The first kappa shape index (κ1) is 10.6. The Bertz CT molecular complexity index is 456. The van der Waals surface area contributed by atoms with Crippen molar-refractivity contribution in [3.63, 3.8) is 0 Å². The number of nitrogens with zero attached hydrogens (tertiary/aromatic N) is 1. The number of nitrogen functional groups attached to an aromatic ring is 1. The Labute approximate surface area is 94.8 Å². The number of aliphatic hydroxyl groups is 1. The summed E-state index contributed by atoms with van der Waals surface area (Å²) in [7, 11) is 0. The Morgan fingerprint density at radius 1 is 1.06 bits per heavy atom. The molecule has 0 radical (unpaired) electrons. The third kappa shape index (κ3) is 2.38. The van der Waals surface area contributed by atoms with Gasteiger partial charge in [0.1, 0.15) is 12.6 Å². The molecule has 3 heteroatoms. The van der Waals surface area contributed by atoms with E-state index in [1.54, 1.807) is 0 Å². The summed E-state index contributed by atoms with van der Waals surface area (Å²) < 4.78 is 1.83. The van der Waals surface area contributed by atoms with Gasteiger partial charge in [-0.25, -0.2) is 4.57 Å². The SMILES string of the molecule is Nc1cccc[n+]1C[C@@H](O)c1ccccc1. The first-order chi connectivity index (χ1) is 7.77. The third-order valence-corrected chi connectivity index (χ3v) is 2.53. The van der Waals surface area contributed by atoms with Crippen molar-refractivity contribution in [3.8, 4) is 0 Å². The van der Waals surface area contributed by atoms with Gasteiger partial charge >= 0.3 is 0 Å². The van der Waals surface area contributed by atoms with Gasteiger partial charge in [0, 0.05) is 6.07 Å². The molecule has 0 saturated carbocycles. The minimum atomic E-state index is -0.532. The second-order valence-electron chi connectivity index (χ2n) is 3.70. The Morgan fingerprint density at radius 2 is 1.75 bits per heavy atom. The van der Waals surface area contributed by atoms with Crippen molar-refractivity contribution in [1.29, 1.82) is 0 Å². The lowest BCUT2D eigenvalue weighted by atomic mass is 10.1. The van der Waals surface area contributed by atoms with E-state index < -0.39 is 6.10 Å². The number of anilines is 1. The largest absolute Gasteiger partial charge is 0.384 e. The zero-order chi connectivity index (χ0) is 11.4. The number of hydrogen-bond acceptors (Lipinski definition) is 2. The van der Waals surface area contributed by atoms with Crippen molar-refractivity contribution in [3.05, 3.63) is 60.3 Å². The number of pyridine rings is 1. The summed E-state index contributed by atoms with van der Waals surface area (Å²) >= 11 is 0. The van der Waals surface area contributed by atoms with Crippen LogP contribution in [0.15, 0.2) is 54.7 Å². The van der Waals surface area contributed by atoms with Gasteiger partial charge in [0.15, 0.2) is 0 Å². The first-order valence-electron chi connectivity index (χ1n) is 5.24. The molecule has 1 aromatic heterocycles. The Kier molecular flexibility index (Phi) is 3.17. The van der Waals surface area contributed by atoms with Crippen molar-refractivity contribution in [2.45, 2.75) is 12.6 Å². The van der Waals surface area contributed by atoms with Crippen molar-refractivity contribution in [2.24, 2.45) is 0 Å². The van der Waals surface area contributed by atoms with Crippen molar-refractivity contribution < 1.29 is 9.67 Å². The van der Waals surface area contributed by atoms with E-state index in [9.17, 15) is 5.11 Å². The lowest BCUT2D eigenvalue weighted by molar-refractivity contribution is -0.690. The third-order valence-electron chi connectivity index (χ3n) is 2.53. The molecule has 0 bridgehead atoms. The molecule has 1 atom stereocenters. The second-order valence-corrected chi connectivity index (χ2v) is 3.70. The molecule has 2 rings (SSSR count). The topological polar surface area (TPSA) is 50.1 Å². The maximum absolute atomic E-state index is 10.0. The summed E-state index contributed by atoms with van der Waals surface area (Å²) in [6.45, 7) is 0.469. The summed E-state index contributed by atoms with van der Waals surface area (Å²) in [5, 5.41) is 10.0. The molecule has 0 aliphatic rings. The smallest absolute Gasteiger partial charge is 0.272 e. The number of aliphatic hydroxyl groups excluding tert-OH is 1. The highest BCUT2D eigenvalue weighted by atomic mass is 16.3. The van der Waals surface area contributed by atoms with Crippen molar-refractivity contribution >= 4 is 5.82 Å². The van der Waals surface area contributed by atoms with Crippen LogP contribution in [0, 0.1) is 0 Å². The second kappa shape index (κ2) is 4.77. The van der Waals surface area contributed by atoms with Crippen LogP contribution in [0.3, 0.4) is 0 Å². The molecular formula is C13H15N2O+. The normalized spacial score (nSPS) is 12.3. The highest BCUT2D eigenvalue weighted by Gasteiger charge is 2.12. The number of nitrogens with two attached hydrogens (primary N) is 1. The fraction of sp³-hybridized carbons (Fsp3) is 0.154. The molecule has 0 aliphatic heterocycles. The summed E-state index contributed by atoms with van der Waals surface area (Å²) in [6.07, 6.45) is 1.33. The lowest BCUT2D eigenvalue weighted by Crippen LogP contribution is -2.39. The van der Waals surface area contributed by atoms with Gasteiger partial charge in [0.05, 0.1) is 6.20 Å². The van der Waals surface area contributed by atoms with E-state index in [-0.39, 0.29) is 0 Å². The molecule has 0 aliphatic carbocycles. The number of hydrogen-bond donors (Lipinski definition) is 2. The standard InChI is InChI=1S/C13H14N2O/c14-13-8-4-5-9-15(13)10-12(16)11-6-2-1-3-7-11/h1-9,12,14,16H,10H2/p+1/t12-/m1/s1. The summed E-state index contributed by atoms with van der Waals surface area (Å²) in [5.41, 5.74) is 6.70. The fourth-order valence-corrected chi connectivity index (χ4v) is 1.62. The maximum atomic E-state index is 10.0. The van der Waals surface area contributed by atoms with E-state index in [0.717, 1.165) is 5.56 Å². The van der Waals surface area contributed by atoms with Crippen LogP contribution in [0.4, 0.5) is 5.82 Å². The molecule has 0 saturated heterocycles.